The van der Waals surface area contributed by atoms with Crippen LogP contribution in [0.5, 0.6) is 0 Å². The Hall–Kier alpha value is 0.706. The van der Waals surface area contributed by atoms with Crippen LogP contribution in [0.1, 0.15) is 18.4 Å². The molecule has 0 heterocycles. The van der Waals surface area contributed by atoms with Crippen molar-refractivity contribution < 1.29 is 9.90 Å². The number of anilines is 1. The third-order valence-electron chi connectivity index (χ3n) is 2.87. The van der Waals surface area contributed by atoms with E-state index in [9.17, 15) is 4.79 Å². The fraction of sp³-hybridized carbons (Fsp3) is 0.500. The van der Waals surface area contributed by atoms with E-state index in [1.165, 1.54) is 0 Å². The van der Waals surface area contributed by atoms with Crippen molar-refractivity contribution in [2.75, 3.05) is 29.7 Å². The Morgan fingerprint density at radius 1 is 1.10 bits per heavy atom. The molecule has 0 atom stereocenters. The van der Waals surface area contributed by atoms with Crippen molar-refractivity contribution in [3.63, 3.8) is 0 Å². The number of hydrogen-bond acceptors (Lipinski definition) is 2. The Morgan fingerprint density at radius 3 is 2.10 bits per heavy atom. The minimum absolute atomic E-state index is 0. The van der Waals surface area contributed by atoms with Gasteiger partial charge in [0.05, 0.1) is 0 Å². The molecule has 0 fully saturated rings. The van der Waals surface area contributed by atoms with Crippen LogP contribution < -0.4 is 4.90 Å². The molecule has 1 aromatic rings. The Bertz CT molecular complexity index is 381. The van der Waals surface area contributed by atoms with E-state index in [4.69, 9.17) is 28.3 Å². The number of carboxylic acids is 1. The normalized spacial score (nSPS) is 9.90. The zero-order valence-electron chi connectivity index (χ0n) is 10.8. The van der Waals surface area contributed by atoms with Gasteiger partial charge in [0.25, 0.3) is 0 Å². The average molecular weight is 344 g/mol. The van der Waals surface area contributed by atoms with Crippen molar-refractivity contribution in [3.8, 4) is 0 Å². The van der Waals surface area contributed by atoms with Crippen LogP contribution >= 0.6 is 23.2 Å². The second-order valence-electron chi connectivity index (χ2n) is 4.28. The molecule has 3 nitrogen and oxygen atoms in total. The molecule has 0 radical (unpaired) electrons. The van der Waals surface area contributed by atoms with Gasteiger partial charge < -0.3 is 10.0 Å². The van der Waals surface area contributed by atoms with Crippen LogP contribution in [0.2, 0.25) is 0 Å². The van der Waals surface area contributed by atoms with E-state index >= 15 is 0 Å². The number of aryl methyl sites for hydroxylation is 1. The minimum atomic E-state index is -0.743. The molecule has 108 valence electrons. The van der Waals surface area contributed by atoms with Crippen LogP contribution in [0.25, 0.3) is 0 Å². The summed E-state index contributed by atoms with van der Waals surface area (Å²) in [7, 11) is 0. The number of aliphatic carboxylic acids is 1. The Kier molecular flexibility index (Phi) is 12.7. The number of halogens is 2. The van der Waals surface area contributed by atoms with Gasteiger partial charge in [0.2, 0.25) is 0 Å². The van der Waals surface area contributed by atoms with Gasteiger partial charge in [-0.15, -0.1) is 23.2 Å². The average Bonchev–Trinajstić information content (AvgIpc) is 2.39. The van der Waals surface area contributed by atoms with Crippen molar-refractivity contribution in [1.29, 1.82) is 0 Å². The van der Waals surface area contributed by atoms with Crippen molar-refractivity contribution in [2.45, 2.75) is 19.3 Å². The van der Waals surface area contributed by atoms with Gasteiger partial charge in [-0.1, -0.05) is 12.1 Å². The predicted molar refractivity (Wildman–Crippen MR) is 87.8 cm³/mol. The maximum atomic E-state index is 10.4. The number of hydrogen-bond donors (Lipinski definition) is 1. The first-order chi connectivity index (χ1) is 9.17. The number of carbonyl (C=O) groups is 1. The van der Waals surface area contributed by atoms with E-state index in [0.29, 0.717) is 18.2 Å². The van der Waals surface area contributed by atoms with E-state index < -0.39 is 5.97 Å². The molecule has 0 aromatic heterocycles. The van der Waals surface area contributed by atoms with Crippen molar-refractivity contribution in [3.05, 3.63) is 29.8 Å². The zero-order valence-corrected chi connectivity index (χ0v) is 12.3. The second kappa shape index (κ2) is 12.3. The van der Waals surface area contributed by atoms with Crippen molar-refractivity contribution >= 4 is 86.2 Å². The summed E-state index contributed by atoms with van der Waals surface area (Å²) in [5.41, 5.74) is 2.25. The fourth-order valence-electron chi connectivity index (χ4n) is 1.89. The number of benzene rings is 1. The summed E-state index contributed by atoms with van der Waals surface area (Å²) in [4.78, 5) is 12.6. The zero-order chi connectivity index (χ0) is 14.1. The van der Waals surface area contributed by atoms with Gasteiger partial charge in [-0.25, -0.2) is 0 Å². The predicted octanol–water partition coefficient (Wildman–Crippen LogP) is 2.73. The van der Waals surface area contributed by atoms with E-state index in [0.717, 1.165) is 30.8 Å². The standard InChI is InChI=1S/C14H19Cl2NO2.K.H/c15-8-10-17(11-9-16)13-6-4-12(5-7-13)2-1-3-14(18)19;;/h4-7H,1-3,8-11H2,(H,18,19);;. The summed E-state index contributed by atoms with van der Waals surface area (Å²) in [6.07, 6.45) is 1.67. The molecule has 0 bridgehead atoms. The molecule has 6 heteroatoms. The van der Waals surface area contributed by atoms with Gasteiger partial charge in [-0.2, -0.15) is 0 Å². The van der Waals surface area contributed by atoms with Crippen LogP contribution in [-0.4, -0.2) is 87.3 Å². The number of nitrogens with zero attached hydrogens (tertiary/aromatic N) is 1. The SMILES string of the molecule is O=C(O)CCCc1ccc(N(CCCl)CCCl)cc1.[KH]. The molecule has 1 rings (SSSR count). The summed E-state index contributed by atoms with van der Waals surface area (Å²) in [6, 6.07) is 8.14. The van der Waals surface area contributed by atoms with Crippen LogP contribution in [0.4, 0.5) is 5.69 Å². The van der Waals surface area contributed by atoms with Crippen LogP contribution in [0, 0.1) is 0 Å². The molecule has 0 aliphatic carbocycles. The molecule has 0 aliphatic rings. The third kappa shape index (κ3) is 8.22. The molecule has 0 spiro atoms. The Balaban J connectivity index is 0.00000361. The van der Waals surface area contributed by atoms with Crippen molar-refractivity contribution in [2.24, 2.45) is 0 Å². The number of alkyl halides is 2. The second-order valence-corrected chi connectivity index (χ2v) is 5.03. The maximum absolute atomic E-state index is 10.4. The third-order valence-corrected chi connectivity index (χ3v) is 3.20. The summed E-state index contributed by atoms with van der Waals surface area (Å²) in [5, 5.41) is 8.59. The fourth-order valence-corrected chi connectivity index (χ4v) is 2.30. The topological polar surface area (TPSA) is 40.5 Å². The molecule has 0 amide bonds. The summed E-state index contributed by atoms with van der Waals surface area (Å²) in [6.45, 7) is 1.54. The monoisotopic (exact) mass is 343 g/mol. The molecule has 1 aromatic carbocycles. The van der Waals surface area contributed by atoms with Gasteiger partial charge in [-0.3, -0.25) is 4.79 Å². The summed E-state index contributed by atoms with van der Waals surface area (Å²) < 4.78 is 0. The van der Waals surface area contributed by atoms with Crippen LogP contribution in [0.3, 0.4) is 0 Å². The summed E-state index contributed by atoms with van der Waals surface area (Å²) >= 11 is 11.5. The van der Waals surface area contributed by atoms with Crippen LogP contribution in [-0.2, 0) is 11.2 Å². The van der Waals surface area contributed by atoms with E-state index in [2.05, 4.69) is 4.90 Å². The number of rotatable bonds is 9. The number of carboxylic acid groups (broad SMARTS) is 1. The van der Waals surface area contributed by atoms with E-state index in [1.807, 2.05) is 24.3 Å². The Labute approximate surface area is 173 Å². The van der Waals surface area contributed by atoms with Gasteiger partial charge >= 0.3 is 57.4 Å². The molecular weight excluding hydrogens is 324 g/mol. The molecule has 0 saturated heterocycles. The quantitative estimate of drug-likeness (QED) is 0.553. The van der Waals surface area contributed by atoms with Crippen molar-refractivity contribution in [1.82, 2.24) is 0 Å². The van der Waals surface area contributed by atoms with E-state index in [1.54, 1.807) is 0 Å². The van der Waals surface area contributed by atoms with Gasteiger partial charge in [0, 0.05) is 37.0 Å². The molecular formula is C14H20Cl2KNO2. The van der Waals surface area contributed by atoms with Gasteiger partial charge in [-0.05, 0) is 30.5 Å². The van der Waals surface area contributed by atoms with Crippen LogP contribution in [0.15, 0.2) is 24.3 Å². The molecule has 1 N–H and O–H groups in total. The molecule has 0 saturated carbocycles. The first kappa shape index (κ1) is 20.7. The molecule has 0 aliphatic heterocycles. The van der Waals surface area contributed by atoms with Gasteiger partial charge in [0.15, 0.2) is 0 Å². The summed E-state index contributed by atoms with van der Waals surface area (Å²) in [5.74, 6) is 0.390. The van der Waals surface area contributed by atoms with Gasteiger partial charge in [0.1, 0.15) is 0 Å². The first-order valence-corrected chi connectivity index (χ1v) is 7.42. The molecule has 0 unspecified atom stereocenters. The van der Waals surface area contributed by atoms with E-state index in [-0.39, 0.29) is 57.8 Å². The Morgan fingerprint density at radius 2 is 1.65 bits per heavy atom. The molecule has 20 heavy (non-hydrogen) atoms. The first-order valence-electron chi connectivity index (χ1n) is 6.35.